The van der Waals surface area contributed by atoms with E-state index in [1.807, 2.05) is 20.8 Å². The molecule has 4 saturated carbocycles. The third kappa shape index (κ3) is 3.12. The first kappa shape index (κ1) is 16.7. The molecule has 5 nitrogen and oxygen atoms in total. The Balaban J connectivity index is 1.78. The van der Waals surface area contributed by atoms with Crippen LogP contribution in [0, 0.1) is 17.3 Å². The molecule has 2 N–H and O–H groups in total. The van der Waals surface area contributed by atoms with Gasteiger partial charge in [-0.25, -0.2) is 0 Å². The van der Waals surface area contributed by atoms with E-state index >= 15 is 0 Å². The lowest BCUT2D eigenvalue weighted by atomic mass is 9.52. The maximum Gasteiger partial charge on any atom is 0.312 e. The maximum atomic E-state index is 12.6. The van der Waals surface area contributed by atoms with Gasteiger partial charge in [0.2, 0.25) is 5.91 Å². The molecule has 4 fully saturated rings. The van der Waals surface area contributed by atoms with E-state index in [9.17, 15) is 9.59 Å². The van der Waals surface area contributed by atoms with Crippen LogP contribution in [0.15, 0.2) is 0 Å². The summed E-state index contributed by atoms with van der Waals surface area (Å²) in [7, 11) is 0. The predicted molar refractivity (Wildman–Crippen MR) is 85.5 cm³/mol. The van der Waals surface area contributed by atoms with E-state index in [1.54, 1.807) is 0 Å². The van der Waals surface area contributed by atoms with Gasteiger partial charge in [-0.15, -0.1) is 0 Å². The highest BCUT2D eigenvalue weighted by atomic mass is 16.6. The number of esters is 1. The smallest absolute Gasteiger partial charge is 0.312 e. The molecule has 4 rings (SSSR count). The summed E-state index contributed by atoms with van der Waals surface area (Å²) in [6.45, 7) is 5.85. The number of carbonyl (C=O) groups is 2. The maximum absolute atomic E-state index is 12.6. The van der Waals surface area contributed by atoms with Gasteiger partial charge in [-0.1, -0.05) is 6.92 Å². The fourth-order valence-electron chi connectivity index (χ4n) is 5.09. The molecule has 0 saturated heterocycles. The van der Waals surface area contributed by atoms with Crippen molar-refractivity contribution in [3.8, 4) is 0 Å². The van der Waals surface area contributed by atoms with Crippen molar-refractivity contribution in [3.63, 3.8) is 0 Å². The van der Waals surface area contributed by atoms with Gasteiger partial charge in [0, 0.05) is 6.42 Å². The number of rotatable bonds is 6. The Morgan fingerprint density at radius 1 is 1.13 bits per heavy atom. The molecule has 1 amide bonds. The lowest BCUT2D eigenvalue weighted by molar-refractivity contribution is -0.237. The van der Waals surface area contributed by atoms with Crippen LogP contribution in [0.1, 0.15) is 65.7 Å². The van der Waals surface area contributed by atoms with E-state index in [0.717, 1.165) is 32.1 Å². The number of amides is 1. The van der Waals surface area contributed by atoms with Crippen molar-refractivity contribution >= 4 is 11.9 Å². The average molecular weight is 323 g/mol. The van der Waals surface area contributed by atoms with Crippen molar-refractivity contribution in [1.29, 1.82) is 0 Å². The van der Waals surface area contributed by atoms with Gasteiger partial charge < -0.3 is 15.2 Å². The first-order valence-electron chi connectivity index (χ1n) is 8.83. The zero-order valence-corrected chi connectivity index (χ0v) is 14.5. The first-order valence-corrected chi connectivity index (χ1v) is 8.83. The van der Waals surface area contributed by atoms with Gasteiger partial charge in [0.15, 0.2) is 0 Å². The molecular formula is C18H29NO4. The molecule has 0 aromatic rings. The van der Waals surface area contributed by atoms with Crippen molar-refractivity contribution in [1.82, 2.24) is 0 Å². The zero-order valence-electron chi connectivity index (χ0n) is 14.5. The van der Waals surface area contributed by atoms with Gasteiger partial charge >= 0.3 is 5.97 Å². The van der Waals surface area contributed by atoms with E-state index < -0.39 is 16.9 Å². The summed E-state index contributed by atoms with van der Waals surface area (Å²) in [6.07, 6.45) is 6.48. The van der Waals surface area contributed by atoms with Gasteiger partial charge in [-0.2, -0.15) is 0 Å². The Labute approximate surface area is 138 Å². The second-order valence-electron chi connectivity index (χ2n) is 8.71. The Morgan fingerprint density at radius 2 is 1.70 bits per heavy atom. The molecule has 0 spiro atoms. The first-order chi connectivity index (χ1) is 10.7. The molecule has 2 unspecified atom stereocenters. The molecule has 5 heteroatoms. The molecule has 4 bridgehead atoms. The zero-order chi connectivity index (χ0) is 16.9. The van der Waals surface area contributed by atoms with Crippen molar-refractivity contribution in [2.24, 2.45) is 23.0 Å². The van der Waals surface area contributed by atoms with E-state index in [0.29, 0.717) is 18.3 Å². The monoisotopic (exact) mass is 323 g/mol. The van der Waals surface area contributed by atoms with Crippen LogP contribution in [0.4, 0.5) is 0 Å². The number of primary amides is 1. The number of hydrogen-bond acceptors (Lipinski definition) is 4. The molecule has 4 aliphatic carbocycles. The molecule has 130 valence electrons. The van der Waals surface area contributed by atoms with Crippen molar-refractivity contribution in [2.75, 3.05) is 6.61 Å². The van der Waals surface area contributed by atoms with Gasteiger partial charge in [0.1, 0.15) is 12.2 Å². The van der Waals surface area contributed by atoms with Crippen LogP contribution in [0.5, 0.6) is 0 Å². The number of ether oxygens (including phenoxy) is 2. The Morgan fingerprint density at radius 3 is 2.22 bits per heavy atom. The number of nitrogens with two attached hydrogens (primary N) is 1. The van der Waals surface area contributed by atoms with Crippen LogP contribution < -0.4 is 5.73 Å². The van der Waals surface area contributed by atoms with Crippen molar-refractivity contribution < 1.29 is 19.1 Å². The highest BCUT2D eigenvalue weighted by Crippen LogP contribution is 2.60. The Kier molecular flexibility index (Phi) is 3.98. The Hall–Kier alpha value is -1.10. The minimum atomic E-state index is -0.454. The van der Waals surface area contributed by atoms with E-state index in [4.69, 9.17) is 15.2 Å². The lowest BCUT2D eigenvalue weighted by Gasteiger charge is -2.60. The summed E-state index contributed by atoms with van der Waals surface area (Å²) in [5.74, 6) is 0.522. The topological polar surface area (TPSA) is 78.6 Å². The average Bonchev–Trinajstić information content (AvgIpc) is 2.43. The summed E-state index contributed by atoms with van der Waals surface area (Å²) in [5.41, 5.74) is 4.09. The van der Waals surface area contributed by atoms with Gasteiger partial charge in [-0.05, 0) is 64.2 Å². The fourth-order valence-corrected chi connectivity index (χ4v) is 5.09. The van der Waals surface area contributed by atoms with Gasteiger partial charge in [0.05, 0.1) is 11.0 Å². The van der Waals surface area contributed by atoms with Crippen molar-refractivity contribution in [3.05, 3.63) is 0 Å². The quantitative estimate of drug-likeness (QED) is 0.762. The second kappa shape index (κ2) is 5.47. The summed E-state index contributed by atoms with van der Waals surface area (Å²) in [4.78, 5) is 23.7. The fraction of sp³-hybridized carbons (Fsp3) is 0.889. The highest BCUT2D eigenvalue weighted by molar-refractivity contribution is 5.76. The van der Waals surface area contributed by atoms with Crippen molar-refractivity contribution in [2.45, 2.75) is 76.9 Å². The minimum Gasteiger partial charge on any atom is -0.459 e. The summed E-state index contributed by atoms with van der Waals surface area (Å²) < 4.78 is 12.1. The van der Waals surface area contributed by atoms with Crippen LogP contribution in [0.25, 0.3) is 0 Å². The minimum absolute atomic E-state index is 0.0378. The molecule has 23 heavy (non-hydrogen) atoms. The summed E-state index contributed by atoms with van der Waals surface area (Å²) in [6, 6.07) is 0. The van der Waals surface area contributed by atoms with E-state index in [2.05, 4.69) is 0 Å². The standard InChI is InChI=1S/C18H29NO4/c1-4-16(2,3)15(21)23-18-8-12-5-13(9-18)7-17(6-12,11-18)22-10-14(19)20/h12-13H,4-11H2,1-3H3,(H2,19,20). The molecule has 0 aliphatic heterocycles. The highest BCUT2D eigenvalue weighted by Gasteiger charge is 2.60. The van der Waals surface area contributed by atoms with Crippen LogP contribution in [-0.4, -0.2) is 29.7 Å². The summed E-state index contributed by atoms with van der Waals surface area (Å²) in [5, 5.41) is 0. The molecular weight excluding hydrogens is 294 g/mol. The third-order valence-electron chi connectivity index (χ3n) is 6.22. The van der Waals surface area contributed by atoms with Crippen LogP contribution >= 0.6 is 0 Å². The Bertz CT molecular complexity index is 499. The second-order valence-corrected chi connectivity index (χ2v) is 8.71. The largest absolute Gasteiger partial charge is 0.459 e. The van der Waals surface area contributed by atoms with Crippen LogP contribution in [-0.2, 0) is 19.1 Å². The normalized spacial score (nSPS) is 38.6. The van der Waals surface area contributed by atoms with Crippen LogP contribution in [0.3, 0.4) is 0 Å². The molecule has 4 aliphatic rings. The number of carbonyl (C=O) groups excluding carboxylic acids is 2. The predicted octanol–water partition coefficient (Wildman–Crippen LogP) is 2.56. The van der Waals surface area contributed by atoms with Gasteiger partial charge in [0.25, 0.3) is 0 Å². The third-order valence-corrected chi connectivity index (χ3v) is 6.22. The molecule has 0 aromatic heterocycles. The van der Waals surface area contributed by atoms with Gasteiger partial charge in [-0.3, -0.25) is 9.59 Å². The summed E-state index contributed by atoms with van der Waals surface area (Å²) >= 11 is 0. The van der Waals surface area contributed by atoms with E-state index in [1.165, 1.54) is 6.42 Å². The lowest BCUT2D eigenvalue weighted by Crippen LogP contribution is -2.62. The molecule has 0 heterocycles. The van der Waals surface area contributed by atoms with E-state index in [-0.39, 0.29) is 18.2 Å². The molecule has 2 atom stereocenters. The number of hydrogen-bond donors (Lipinski definition) is 1. The van der Waals surface area contributed by atoms with Crippen LogP contribution in [0.2, 0.25) is 0 Å². The molecule has 0 aromatic carbocycles. The molecule has 0 radical (unpaired) electrons. The SMILES string of the molecule is CCC(C)(C)C(=O)OC12CC3CC(CC(OCC(N)=O)(C3)C1)C2.